The summed E-state index contributed by atoms with van der Waals surface area (Å²) in [5.74, 6) is 0.767. The second-order valence-electron chi connectivity index (χ2n) is 5.70. The first-order chi connectivity index (χ1) is 11.7. The highest BCUT2D eigenvalue weighted by Gasteiger charge is 2.10. The van der Waals surface area contributed by atoms with Gasteiger partial charge in [0.05, 0.1) is 13.5 Å². The molecule has 128 valence electrons. The van der Waals surface area contributed by atoms with Gasteiger partial charge in [0.25, 0.3) is 0 Å². The number of aryl methyl sites for hydroxylation is 1. The Balaban J connectivity index is 1.86. The normalized spacial score (nSPS) is 10.3. The topological polar surface area (TPSA) is 41.6 Å². The van der Waals surface area contributed by atoms with Gasteiger partial charge in [-0.05, 0) is 31.5 Å². The Morgan fingerprint density at radius 2 is 1.83 bits per heavy atom. The number of nitrogens with one attached hydrogen (secondary N) is 1. The fourth-order valence-corrected chi connectivity index (χ4v) is 2.78. The molecule has 24 heavy (non-hydrogen) atoms. The van der Waals surface area contributed by atoms with Crippen molar-refractivity contribution in [3.63, 3.8) is 0 Å². The molecule has 0 saturated carbocycles. The summed E-state index contributed by atoms with van der Waals surface area (Å²) in [4.78, 5) is 14.4. The molecule has 0 aliphatic heterocycles. The Hall–Kier alpha value is -2.49. The lowest BCUT2D eigenvalue weighted by molar-refractivity contribution is -0.120. The molecular weight excluding hydrogens is 300 g/mol. The largest absolute Gasteiger partial charge is 0.496 e. The van der Waals surface area contributed by atoms with Gasteiger partial charge in [-0.15, -0.1) is 0 Å². The molecule has 2 aromatic rings. The summed E-state index contributed by atoms with van der Waals surface area (Å²) in [6, 6.07) is 15.9. The Labute approximate surface area is 144 Å². The Bertz CT molecular complexity index is 670. The van der Waals surface area contributed by atoms with Crippen molar-refractivity contribution < 1.29 is 9.53 Å². The second kappa shape index (κ2) is 8.96. The van der Waals surface area contributed by atoms with E-state index in [0.717, 1.165) is 24.4 Å². The van der Waals surface area contributed by atoms with E-state index in [9.17, 15) is 4.79 Å². The van der Waals surface area contributed by atoms with E-state index in [-0.39, 0.29) is 5.91 Å². The number of para-hydroxylation sites is 2. The number of nitrogens with zero attached hydrogens (tertiary/aromatic N) is 1. The van der Waals surface area contributed by atoms with E-state index in [1.54, 1.807) is 7.11 Å². The number of anilines is 1. The molecule has 1 N–H and O–H groups in total. The standard InChI is InChI=1S/C20H26N2O2/c1-4-22(18-11-7-5-9-16(18)2)14-13-21-20(23)15-17-10-6-8-12-19(17)24-3/h5-12H,4,13-15H2,1-3H3,(H,21,23). The zero-order valence-corrected chi connectivity index (χ0v) is 14.7. The van der Waals surface area contributed by atoms with Gasteiger partial charge in [0.1, 0.15) is 5.75 Å². The molecule has 2 aromatic carbocycles. The predicted octanol–water partition coefficient (Wildman–Crippen LogP) is 3.19. The van der Waals surface area contributed by atoms with Crippen molar-refractivity contribution in [3.8, 4) is 5.75 Å². The summed E-state index contributed by atoms with van der Waals surface area (Å²) in [6.07, 6.45) is 0.334. The van der Waals surface area contributed by atoms with Gasteiger partial charge in [-0.3, -0.25) is 4.79 Å². The number of benzene rings is 2. The zero-order chi connectivity index (χ0) is 17.4. The van der Waals surface area contributed by atoms with Gasteiger partial charge in [0.2, 0.25) is 5.91 Å². The van der Waals surface area contributed by atoms with Crippen LogP contribution in [-0.4, -0.2) is 32.7 Å². The SMILES string of the molecule is CCN(CCNC(=O)Cc1ccccc1OC)c1ccccc1C. The zero-order valence-electron chi connectivity index (χ0n) is 14.7. The second-order valence-corrected chi connectivity index (χ2v) is 5.70. The number of carbonyl (C=O) groups is 1. The van der Waals surface area contributed by atoms with Crippen molar-refractivity contribution in [1.29, 1.82) is 0 Å². The monoisotopic (exact) mass is 326 g/mol. The van der Waals surface area contributed by atoms with Crippen molar-refractivity contribution in [2.45, 2.75) is 20.3 Å². The van der Waals surface area contributed by atoms with E-state index in [1.165, 1.54) is 11.3 Å². The minimum absolute atomic E-state index is 0.0142. The average Bonchev–Trinajstić information content (AvgIpc) is 2.60. The number of amides is 1. The van der Waals surface area contributed by atoms with Crippen LogP contribution in [0.4, 0.5) is 5.69 Å². The van der Waals surface area contributed by atoms with Crippen LogP contribution in [-0.2, 0) is 11.2 Å². The van der Waals surface area contributed by atoms with Gasteiger partial charge < -0.3 is 15.0 Å². The first-order valence-electron chi connectivity index (χ1n) is 8.35. The molecule has 2 rings (SSSR count). The maximum atomic E-state index is 12.2. The summed E-state index contributed by atoms with van der Waals surface area (Å²) in [5, 5.41) is 3.00. The lowest BCUT2D eigenvalue weighted by Gasteiger charge is -2.25. The number of methoxy groups -OCH3 is 1. The number of likely N-dealkylation sites (N-methyl/N-ethyl adjacent to an activating group) is 1. The number of rotatable bonds is 8. The molecule has 0 aliphatic carbocycles. The Morgan fingerprint density at radius 3 is 2.54 bits per heavy atom. The third-order valence-electron chi connectivity index (χ3n) is 4.09. The quantitative estimate of drug-likeness (QED) is 0.810. The van der Waals surface area contributed by atoms with Gasteiger partial charge in [-0.2, -0.15) is 0 Å². The fraction of sp³-hybridized carbons (Fsp3) is 0.350. The predicted molar refractivity (Wildman–Crippen MR) is 98.8 cm³/mol. The van der Waals surface area contributed by atoms with Crippen molar-refractivity contribution in [2.24, 2.45) is 0 Å². The Kier molecular flexibility index (Phi) is 6.67. The summed E-state index contributed by atoms with van der Waals surface area (Å²) in [7, 11) is 1.62. The molecule has 0 atom stereocenters. The molecule has 1 amide bonds. The van der Waals surface area contributed by atoms with Crippen LogP contribution in [0.1, 0.15) is 18.1 Å². The molecule has 0 aliphatic rings. The number of ether oxygens (including phenoxy) is 1. The van der Waals surface area contributed by atoms with Gasteiger partial charge in [-0.1, -0.05) is 36.4 Å². The minimum Gasteiger partial charge on any atom is -0.496 e. The number of hydrogen-bond donors (Lipinski definition) is 1. The van der Waals surface area contributed by atoms with Gasteiger partial charge >= 0.3 is 0 Å². The molecule has 0 radical (unpaired) electrons. The third-order valence-corrected chi connectivity index (χ3v) is 4.09. The first-order valence-corrected chi connectivity index (χ1v) is 8.35. The van der Waals surface area contributed by atoms with E-state index in [2.05, 4.69) is 36.2 Å². The lowest BCUT2D eigenvalue weighted by atomic mass is 10.1. The fourth-order valence-electron chi connectivity index (χ4n) is 2.78. The van der Waals surface area contributed by atoms with Crippen LogP contribution in [0.25, 0.3) is 0 Å². The highest BCUT2D eigenvalue weighted by atomic mass is 16.5. The molecule has 4 nitrogen and oxygen atoms in total. The smallest absolute Gasteiger partial charge is 0.224 e. The van der Waals surface area contributed by atoms with Gasteiger partial charge in [0.15, 0.2) is 0 Å². The summed E-state index contributed by atoms with van der Waals surface area (Å²) >= 11 is 0. The van der Waals surface area contributed by atoms with Crippen LogP contribution in [0.5, 0.6) is 5.75 Å². The van der Waals surface area contributed by atoms with E-state index in [4.69, 9.17) is 4.74 Å². The molecular formula is C20H26N2O2. The highest BCUT2D eigenvalue weighted by Crippen LogP contribution is 2.19. The summed E-state index contributed by atoms with van der Waals surface area (Å²) < 4.78 is 5.29. The molecule has 0 unspecified atom stereocenters. The molecule has 0 saturated heterocycles. The summed E-state index contributed by atoms with van der Waals surface area (Å²) in [5.41, 5.74) is 3.38. The van der Waals surface area contributed by atoms with E-state index >= 15 is 0 Å². The molecule has 0 spiro atoms. The molecule has 0 fully saturated rings. The maximum Gasteiger partial charge on any atom is 0.224 e. The minimum atomic E-state index is 0.0142. The van der Waals surface area contributed by atoms with Crippen LogP contribution >= 0.6 is 0 Å². The maximum absolute atomic E-state index is 12.2. The molecule has 4 heteroatoms. The van der Waals surface area contributed by atoms with E-state index in [0.29, 0.717) is 13.0 Å². The Morgan fingerprint density at radius 1 is 1.12 bits per heavy atom. The van der Waals surface area contributed by atoms with Crippen molar-refractivity contribution in [2.75, 3.05) is 31.6 Å². The van der Waals surface area contributed by atoms with Crippen LogP contribution in [0.15, 0.2) is 48.5 Å². The average molecular weight is 326 g/mol. The highest BCUT2D eigenvalue weighted by molar-refractivity contribution is 5.79. The van der Waals surface area contributed by atoms with E-state index < -0.39 is 0 Å². The molecule has 0 bridgehead atoms. The van der Waals surface area contributed by atoms with Crippen molar-refractivity contribution in [3.05, 3.63) is 59.7 Å². The number of hydrogen-bond acceptors (Lipinski definition) is 3. The lowest BCUT2D eigenvalue weighted by Crippen LogP contribution is -2.35. The van der Waals surface area contributed by atoms with Crippen LogP contribution in [0.2, 0.25) is 0 Å². The molecule has 0 aromatic heterocycles. The summed E-state index contributed by atoms with van der Waals surface area (Å²) in [6.45, 7) is 6.56. The first kappa shape index (κ1) is 17.9. The van der Waals surface area contributed by atoms with Crippen molar-refractivity contribution >= 4 is 11.6 Å². The number of carbonyl (C=O) groups excluding carboxylic acids is 1. The van der Waals surface area contributed by atoms with Gasteiger partial charge in [0, 0.05) is 30.9 Å². The van der Waals surface area contributed by atoms with Crippen LogP contribution < -0.4 is 15.0 Å². The van der Waals surface area contributed by atoms with Gasteiger partial charge in [-0.25, -0.2) is 0 Å². The molecule has 0 heterocycles. The van der Waals surface area contributed by atoms with Crippen LogP contribution in [0.3, 0.4) is 0 Å². The van der Waals surface area contributed by atoms with Crippen molar-refractivity contribution in [1.82, 2.24) is 5.32 Å². The third kappa shape index (κ3) is 4.75. The van der Waals surface area contributed by atoms with Crippen LogP contribution in [0, 0.1) is 6.92 Å². The van der Waals surface area contributed by atoms with E-state index in [1.807, 2.05) is 36.4 Å².